The number of halogens is 1. The van der Waals surface area contributed by atoms with Gasteiger partial charge in [-0.2, -0.15) is 0 Å². The zero-order chi connectivity index (χ0) is 9.97. The number of benzene rings is 1. The summed E-state index contributed by atoms with van der Waals surface area (Å²) < 4.78 is 1.36. The third-order valence-corrected chi connectivity index (χ3v) is 2.00. The van der Waals surface area contributed by atoms with Gasteiger partial charge in [0.1, 0.15) is 11.5 Å². The molecule has 0 bridgehead atoms. The van der Waals surface area contributed by atoms with Crippen molar-refractivity contribution in [3.8, 4) is 0 Å². The number of aromatic nitrogens is 2. The third-order valence-electron chi connectivity index (χ3n) is 1.81. The summed E-state index contributed by atoms with van der Waals surface area (Å²) >= 11 is 5.61. The lowest BCUT2D eigenvalue weighted by Crippen LogP contribution is -2.09. The summed E-state index contributed by atoms with van der Waals surface area (Å²) in [6.07, 6.45) is 2.88. The van der Waals surface area contributed by atoms with Crippen LogP contribution >= 0.6 is 11.6 Å². The molecule has 1 aromatic heterocycles. The SMILES string of the molecule is O=C(c1ccccc1)n1cnc(Cl)c1. The maximum absolute atomic E-state index is 11.7. The number of hydrogen-bond acceptors (Lipinski definition) is 2. The van der Waals surface area contributed by atoms with E-state index in [4.69, 9.17) is 11.6 Å². The minimum absolute atomic E-state index is 0.134. The molecule has 0 saturated carbocycles. The lowest BCUT2D eigenvalue weighted by Gasteiger charge is -1.99. The van der Waals surface area contributed by atoms with Gasteiger partial charge in [-0.3, -0.25) is 9.36 Å². The minimum Gasteiger partial charge on any atom is -0.271 e. The molecule has 1 heterocycles. The van der Waals surface area contributed by atoms with E-state index in [0.717, 1.165) is 0 Å². The quantitative estimate of drug-likeness (QED) is 0.717. The summed E-state index contributed by atoms with van der Waals surface area (Å²) in [6, 6.07) is 8.97. The molecule has 70 valence electrons. The first kappa shape index (κ1) is 8.97. The minimum atomic E-state index is -0.134. The van der Waals surface area contributed by atoms with E-state index in [9.17, 15) is 4.79 Å². The van der Waals surface area contributed by atoms with Crippen LogP contribution in [0.25, 0.3) is 0 Å². The van der Waals surface area contributed by atoms with Crippen molar-refractivity contribution >= 4 is 17.5 Å². The summed E-state index contributed by atoms with van der Waals surface area (Å²) in [6.45, 7) is 0. The molecule has 2 aromatic rings. The molecule has 0 aliphatic heterocycles. The smallest absolute Gasteiger partial charge is 0.263 e. The lowest BCUT2D eigenvalue weighted by atomic mass is 10.2. The summed E-state index contributed by atoms with van der Waals surface area (Å²) in [5, 5.41) is 0.314. The van der Waals surface area contributed by atoms with Gasteiger partial charge in [0.15, 0.2) is 0 Å². The maximum atomic E-state index is 11.7. The Morgan fingerprint density at radius 3 is 2.57 bits per heavy atom. The molecule has 0 fully saturated rings. The van der Waals surface area contributed by atoms with Gasteiger partial charge in [0.2, 0.25) is 0 Å². The second kappa shape index (κ2) is 3.64. The van der Waals surface area contributed by atoms with E-state index < -0.39 is 0 Å². The topological polar surface area (TPSA) is 34.9 Å². The molecule has 0 aliphatic rings. The Bertz CT molecular complexity index is 450. The van der Waals surface area contributed by atoms with Crippen LogP contribution in [0.4, 0.5) is 0 Å². The predicted octanol–water partition coefficient (Wildman–Crippen LogP) is 2.22. The molecule has 14 heavy (non-hydrogen) atoms. The Hall–Kier alpha value is -1.61. The number of hydrogen-bond donors (Lipinski definition) is 0. The molecule has 3 nitrogen and oxygen atoms in total. The van der Waals surface area contributed by atoms with Gasteiger partial charge in [0.05, 0.1) is 6.20 Å². The highest BCUT2D eigenvalue weighted by Crippen LogP contribution is 2.06. The van der Waals surface area contributed by atoms with E-state index in [0.29, 0.717) is 10.7 Å². The largest absolute Gasteiger partial charge is 0.271 e. The first-order valence-electron chi connectivity index (χ1n) is 4.06. The Morgan fingerprint density at radius 2 is 2.00 bits per heavy atom. The van der Waals surface area contributed by atoms with Crippen LogP contribution in [-0.4, -0.2) is 15.5 Å². The summed E-state index contributed by atoms with van der Waals surface area (Å²) in [5.41, 5.74) is 0.613. The first-order chi connectivity index (χ1) is 6.77. The molecule has 0 atom stereocenters. The van der Waals surface area contributed by atoms with Gasteiger partial charge in [0, 0.05) is 5.56 Å². The molecular formula is C10H7ClN2O. The number of carbonyl (C=O) groups excluding carboxylic acids is 1. The number of carbonyl (C=O) groups is 1. The van der Waals surface area contributed by atoms with Gasteiger partial charge in [-0.25, -0.2) is 4.98 Å². The van der Waals surface area contributed by atoms with E-state index in [-0.39, 0.29) is 5.91 Å². The standard InChI is InChI=1S/C10H7ClN2O/c11-9-6-13(7-12-9)10(14)8-4-2-1-3-5-8/h1-7H. The number of nitrogens with zero attached hydrogens (tertiary/aromatic N) is 2. The molecule has 2 rings (SSSR count). The fourth-order valence-corrected chi connectivity index (χ4v) is 1.29. The monoisotopic (exact) mass is 206 g/mol. The van der Waals surface area contributed by atoms with Crippen LogP contribution in [0, 0.1) is 0 Å². The second-order valence-electron chi connectivity index (χ2n) is 2.77. The van der Waals surface area contributed by atoms with Crippen LogP contribution in [-0.2, 0) is 0 Å². The fraction of sp³-hybridized carbons (Fsp3) is 0. The molecule has 0 aliphatic carbocycles. The fourth-order valence-electron chi connectivity index (χ4n) is 1.14. The zero-order valence-electron chi connectivity index (χ0n) is 7.22. The van der Waals surface area contributed by atoms with Crippen LogP contribution in [0.3, 0.4) is 0 Å². The van der Waals surface area contributed by atoms with E-state index in [1.165, 1.54) is 17.1 Å². The normalized spacial score (nSPS) is 10.1. The van der Waals surface area contributed by atoms with E-state index in [2.05, 4.69) is 4.98 Å². The highest BCUT2D eigenvalue weighted by Gasteiger charge is 2.07. The van der Waals surface area contributed by atoms with Gasteiger partial charge in [-0.05, 0) is 12.1 Å². The van der Waals surface area contributed by atoms with E-state index in [1.807, 2.05) is 18.2 Å². The van der Waals surface area contributed by atoms with Crippen LogP contribution in [0.2, 0.25) is 5.15 Å². The molecular weight excluding hydrogens is 200 g/mol. The van der Waals surface area contributed by atoms with Crippen LogP contribution in [0.1, 0.15) is 10.4 Å². The van der Waals surface area contributed by atoms with Gasteiger partial charge in [0.25, 0.3) is 5.91 Å². The predicted molar refractivity (Wildman–Crippen MR) is 53.4 cm³/mol. The third kappa shape index (κ3) is 1.67. The summed E-state index contributed by atoms with van der Waals surface area (Å²) in [4.78, 5) is 15.5. The maximum Gasteiger partial charge on any atom is 0.263 e. The summed E-state index contributed by atoms with van der Waals surface area (Å²) in [5.74, 6) is -0.134. The average Bonchev–Trinajstić information content (AvgIpc) is 2.65. The highest BCUT2D eigenvalue weighted by molar-refractivity contribution is 6.29. The Morgan fingerprint density at radius 1 is 1.29 bits per heavy atom. The van der Waals surface area contributed by atoms with Crippen molar-refractivity contribution in [1.82, 2.24) is 9.55 Å². The highest BCUT2D eigenvalue weighted by atomic mass is 35.5. The van der Waals surface area contributed by atoms with Crippen LogP contribution in [0.5, 0.6) is 0 Å². The molecule has 0 spiro atoms. The molecule has 0 saturated heterocycles. The van der Waals surface area contributed by atoms with Crippen LogP contribution in [0.15, 0.2) is 42.9 Å². The number of rotatable bonds is 1. The van der Waals surface area contributed by atoms with Crippen molar-refractivity contribution in [2.45, 2.75) is 0 Å². The van der Waals surface area contributed by atoms with E-state index in [1.54, 1.807) is 12.1 Å². The van der Waals surface area contributed by atoms with Crippen molar-refractivity contribution in [2.75, 3.05) is 0 Å². The molecule has 0 unspecified atom stereocenters. The van der Waals surface area contributed by atoms with Gasteiger partial charge >= 0.3 is 0 Å². The molecule has 1 aromatic carbocycles. The van der Waals surface area contributed by atoms with Crippen molar-refractivity contribution in [3.63, 3.8) is 0 Å². The Labute approximate surface area is 86.0 Å². The van der Waals surface area contributed by atoms with Gasteiger partial charge < -0.3 is 0 Å². The first-order valence-corrected chi connectivity index (χ1v) is 4.44. The van der Waals surface area contributed by atoms with Crippen molar-refractivity contribution in [2.24, 2.45) is 0 Å². The molecule has 0 amide bonds. The van der Waals surface area contributed by atoms with E-state index >= 15 is 0 Å². The lowest BCUT2D eigenvalue weighted by molar-refractivity contribution is 0.0960. The Kier molecular flexibility index (Phi) is 2.33. The molecule has 0 radical (unpaired) electrons. The average molecular weight is 207 g/mol. The summed E-state index contributed by atoms with van der Waals surface area (Å²) in [7, 11) is 0. The van der Waals surface area contributed by atoms with Gasteiger partial charge in [-0.15, -0.1) is 0 Å². The van der Waals surface area contributed by atoms with Gasteiger partial charge in [-0.1, -0.05) is 29.8 Å². The molecule has 4 heteroatoms. The second-order valence-corrected chi connectivity index (χ2v) is 3.16. The van der Waals surface area contributed by atoms with Crippen molar-refractivity contribution in [3.05, 3.63) is 53.6 Å². The van der Waals surface area contributed by atoms with Crippen molar-refractivity contribution in [1.29, 1.82) is 0 Å². The zero-order valence-corrected chi connectivity index (χ0v) is 7.98. The number of imidazole rings is 1. The Balaban J connectivity index is 2.34. The molecule has 0 N–H and O–H groups in total. The van der Waals surface area contributed by atoms with Crippen molar-refractivity contribution < 1.29 is 4.79 Å². The van der Waals surface area contributed by atoms with Crippen LogP contribution < -0.4 is 0 Å².